The van der Waals surface area contributed by atoms with Gasteiger partial charge in [0.25, 0.3) is 5.56 Å². The largest absolute Gasteiger partial charge is 0.435 e. The number of hydrogen-bond donors (Lipinski definition) is 0. The van der Waals surface area contributed by atoms with E-state index in [0.29, 0.717) is 5.56 Å². The van der Waals surface area contributed by atoms with Gasteiger partial charge in [0.2, 0.25) is 5.28 Å². The molecule has 0 fully saturated rings. The van der Waals surface area contributed by atoms with E-state index in [2.05, 4.69) is 9.72 Å². The Hall–Kier alpha value is -2.68. The Kier molecular flexibility index (Phi) is 4.34. The van der Waals surface area contributed by atoms with Crippen LogP contribution in [0.25, 0.3) is 11.2 Å². The van der Waals surface area contributed by atoms with Crippen LogP contribution in [0.15, 0.2) is 33.9 Å². The zero-order chi connectivity index (χ0) is 18.3. The van der Waals surface area contributed by atoms with Crippen LogP contribution in [0.5, 0.6) is 5.75 Å². The van der Waals surface area contributed by atoms with Crippen LogP contribution in [-0.4, -0.2) is 25.3 Å². The van der Waals surface area contributed by atoms with Crippen LogP contribution in [0.4, 0.5) is 8.78 Å². The van der Waals surface area contributed by atoms with Gasteiger partial charge in [-0.25, -0.2) is 4.79 Å². The van der Waals surface area contributed by atoms with E-state index in [1.165, 1.54) is 35.4 Å². The maximum atomic E-state index is 12.4. The zero-order valence-electron chi connectivity index (χ0n) is 13.2. The summed E-state index contributed by atoms with van der Waals surface area (Å²) in [5.74, 6) is 0.0265. The summed E-state index contributed by atoms with van der Waals surface area (Å²) < 4.78 is 32.3. The number of hydrogen-bond acceptors (Lipinski definition) is 4. The van der Waals surface area contributed by atoms with Crippen molar-refractivity contribution in [3.8, 4) is 5.75 Å². The van der Waals surface area contributed by atoms with Gasteiger partial charge in [-0.1, -0.05) is 12.1 Å². The predicted octanol–water partition coefficient (Wildman–Crippen LogP) is 1.74. The molecular weight excluding hydrogens is 358 g/mol. The Morgan fingerprint density at radius 3 is 2.40 bits per heavy atom. The fourth-order valence-corrected chi connectivity index (χ4v) is 2.75. The quantitative estimate of drug-likeness (QED) is 0.656. The molecular formula is C15H13ClF2N4O3. The first-order valence-corrected chi connectivity index (χ1v) is 7.53. The van der Waals surface area contributed by atoms with E-state index < -0.39 is 17.9 Å². The highest BCUT2D eigenvalue weighted by Gasteiger charge is 2.18. The van der Waals surface area contributed by atoms with Gasteiger partial charge in [0, 0.05) is 14.1 Å². The van der Waals surface area contributed by atoms with E-state index in [1.807, 2.05) is 0 Å². The van der Waals surface area contributed by atoms with Crippen LogP contribution in [0.3, 0.4) is 0 Å². The smallest absolute Gasteiger partial charge is 0.387 e. The summed E-state index contributed by atoms with van der Waals surface area (Å²) in [6.45, 7) is -2.72. The fraction of sp³-hybridized carbons (Fsp3) is 0.267. The molecule has 2 aromatic heterocycles. The number of fused-ring (bicyclic) bond motifs is 1. The second-order valence-corrected chi connectivity index (χ2v) is 5.71. The molecule has 0 radical (unpaired) electrons. The Morgan fingerprint density at radius 2 is 1.80 bits per heavy atom. The molecule has 25 heavy (non-hydrogen) atoms. The van der Waals surface area contributed by atoms with Crippen molar-refractivity contribution in [3.63, 3.8) is 0 Å². The van der Waals surface area contributed by atoms with Gasteiger partial charge >= 0.3 is 12.3 Å². The first-order valence-electron chi connectivity index (χ1n) is 7.15. The lowest BCUT2D eigenvalue weighted by atomic mass is 10.2. The SMILES string of the molecule is Cn1c(=O)c2c(nc(Cl)n2Cc2ccc(OC(F)F)cc2)n(C)c1=O. The van der Waals surface area contributed by atoms with Gasteiger partial charge in [-0.3, -0.25) is 13.9 Å². The normalized spacial score (nSPS) is 11.4. The first kappa shape index (κ1) is 17.2. The summed E-state index contributed by atoms with van der Waals surface area (Å²) in [4.78, 5) is 28.5. The van der Waals surface area contributed by atoms with E-state index in [0.717, 1.165) is 4.57 Å². The van der Waals surface area contributed by atoms with Crippen LogP contribution in [0.1, 0.15) is 5.56 Å². The van der Waals surface area contributed by atoms with Crippen molar-refractivity contribution in [1.82, 2.24) is 18.7 Å². The molecule has 7 nitrogen and oxygen atoms in total. The fourth-order valence-electron chi connectivity index (χ4n) is 2.52. The monoisotopic (exact) mass is 370 g/mol. The number of aryl methyl sites for hydroxylation is 1. The number of alkyl halides is 2. The van der Waals surface area contributed by atoms with Crippen molar-refractivity contribution in [3.05, 3.63) is 56.0 Å². The van der Waals surface area contributed by atoms with E-state index in [1.54, 1.807) is 12.1 Å². The predicted molar refractivity (Wildman–Crippen MR) is 87.4 cm³/mol. The van der Waals surface area contributed by atoms with E-state index in [9.17, 15) is 18.4 Å². The number of rotatable bonds is 4. The topological polar surface area (TPSA) is 71.0 Å². The molecule has 132 valence electrons. The highest BCUT2D eigenvalue weighted by atomic mass is 35.5. The molecule has 1 aromatic carbocycles. The van der Waals surface area contributed by atoms with Crippen molar-refractivity contribution in [1.29, 1.82) is 0 Å². The third-order valence-electron chi connectivity index (χ3n) is 3.79. The Balaban J connectivity index is 2.06. The molecule has 2 heterocycles. The van der Waals surface area contributed by atoms with Gasteiger partial charge in [0.1, 0.15) is 5.75 Å². The lowest BCUT2D eigenvalue weighted by molar-refractivity contribution is -0.0498. The minimum absolute atomic E-state index is 0.0265. The molecule has 3 rings (SSSR count). The summed E-state index contributed by atoms with van der Waals surface area (Å²) in [6, 6.07) is 5.93. The van der Waals surface area contributed by atoms with Gasteiger partial charge in [-0.05, 0) is 29.3 Å². The van der Waals surface area contributed by atoms with Crippen molar-refractivity contribution in [2.75, 3.05) is 0 Å². The third-order valence-corrected chi connectivity index (χ3v) is 4.08. The maximum absolute atomic E-state index is 12.4. The van der Waals surface area contributed by atoms with Gasteiger partial charge in [-0.15, -0.1) is 0 Å². The van der Waals surface area contributed by atoms with Crippen molar-refractivity contribution in [2.45, 2.75) is 13.2 Å². The molecule has 0 amide bonds. The summed E-state index contributed by atoms with van der Waals surface area (Å²) >= 11 is 6.13. The molecule has 0 saturated carbocycles. The average molecular weight is 371 g/mol. The lowest BCUT2D eigenvalue weighted by Gasteiger charge is -2.09. The number of halogens is 3. The average Bonchev–Trinajstić information content (AvgIpc) is 2.89. The first-order chi connectivity index (χ1) is 11.8. The molecule has 0 N–H and O–H groups in total. The van der Waals surface area contributed by atoms with Crippen LogP contribution in [0, 0.1) is 0 Å². The van der Waals surface area contributed by atoms with Crippen LogP contribution >= 0.6 is 11.6 Å². The zero-order valence-corrected chi connectivity index (χ0v) is 14.0. The maximum Gasteiger partial charge on any atom is 0.387 e. The Morgan fingerprint density at radius 1 is 1.16 bits per heavy atom. The van der Waals surface area contributed by atoms with Crippen LogP contribution in [-0.2, 0) is 20.6 Å². The van der Waals surface area contributed by atoms with Crippen molar-refractivity contribution >= 4 is 22.8 Å². The second kappa shape index (κ2) is 6.32. The molecule has 0 spiro atoms. The number of ether oxygens (including phenoxy) is 1. The molecule has 0 aliphatic rings. The van der Waals surface area contributed by atoms with Crippen molar-refractivity contribution in [2.24, 2.45) is 14.1 Å². The van der Waals surface area contributed by atoms with Crippen molar-refractivity contribution < 1.29 is 13.5 Å². The molecule has 0 unspecified atom stereocenters. The summed E-state index contributed by atoms with van der Waals surface area (Å²) in [6.07, 6.45) is 0. The van der Waals surface area contributed by atoms with Gasteiger partial charge < -0.3 is 9.30 Å². The third kappa shape index (κ3) is 3.02. The minimum Gasteiger partial charge on any atom is -0.435 e. The number of imidazole rings is 1. The summed E-state index contributed by atoms with van der Waals surface area (Å²) in [7, 11) is 2.86. The minimum atomic E-state index is -2.90. The lowest BCUT2D eigenvalue weighted by Crippen LogP contribution is -2.37. The highest BCUT2D eigenvalue weighted by Crippen LogP contribution is 2.20. The van der Waals surface area contributed by atoms with Crippen LogP contribution in [0.2, 0.25) is 5.28 Å². The van der Waals surface area contributed by atoms with E-state index >= 15 is 0 Å². The summed E-state index contributed by atoms with van der Waals surface area (Å²) in [5, 5.41) is 0.0428. The number of benzene rings is 1. The standard InChI is InChI=1S/C15H13ClF2N4O3/c1-20-11-10(12(23)21(2)15(20)24)22(13(16)19-11)7-8-3-5-9(6-4-8)25-14(17)18/h3-6,14H,7H2,1-2H3. The Bertz CT molecular complexity index is 1050. The molecule has 3 aromatic rings. The highest BCUT2D eigenvalue weighted by molar-refractivity contribution is 6.29. The molecule has 0 aliphatic carbocycles. The summed E-state index contributed by atoms with van der Waals surface area (Å²) in [5.41, 5.74) is 0.0273. The second-order valence-electron chi connectivity index (χ2n) is 5.37. The molecule has 0 bridgehead atoms. The number of nitrogens with zero attached hydrogens (tertiary/aromatic N) is 4. The molecule has 10 heteroatoms. The molecule has 0 aliphatic heterocycles. The molecule has 0 atom stereocenters. The number of aromatic nitrogens is 4. The van der Waals surface area contributed by atoms with Crippen LogP contribution < -0.4 is 16.0 Å². The Labute approximate surface area is 144 Å². The van der Waals surface area contributed by atoms with Gasteiger partial charge in [0.05, 0.1) is 6.54 Å². The van der Waals surface area contributed by atoms with Gasteiger partial charge in [-0.2, -0.15) is 13.8 Å². The van der Waals surface area contributed by atoms with E-state index in [4.69, 9.17) is 11.6 Å². The van der Waals surface area contributed by atoms with E-state index in [-0.39, 0.29) is 28.7 Å². The van der Waals surface area contributed by atoms with Gasteiger partial charge in [0.15, 0.2) is 11.2 Å². The molecule has 0 saturated heterocycles.